The number of carbonyl (C=O) groups is 2. The summed E-state index contributed by atoms with van der Waals surface area (Å²) in [6, 6.07) is 10.1. The molecule has 1 atom stereocenters. The van der Waals surface area contributed by atoms with Crippen LogP contribution in [0.2, 0.25) is 0 Å². The fourth-order valence-corrected chi connectivity index (χ4v) is 3.09. The summed E-state index contributed by atoms with van der Waals surface area (Å²) in [7, 11) is 0. The normalized spacial score (nSPS) is 18.5. The van der Waals surface area contributed by atoms with Gasteiger partial charge < -0.3 is 10.0 Å². The van der Waals surface area contributed by atoms with Crippen LogP contribution in [0.3, 0.4) is 0 Å². The van der Waals surface area contributed by atoms with Crippen LogP contribution in [-0.4, -0.2) is 28.4 Å². The van der Waals surface area contributed by atoms with Gasteiger partial charge in [0.1, 0.15) is 0 Å². The highest BCUT2D eigenvalue weighted by molar-refractivity contribution is 5.80. The number of amides is 1. The summed E-state index contributed by atoms with van der Waals surface area (Å²) >= 11 is 0. The van der Waals surface area contributed by atoms with Crippen LogP contribution in [0.1, 0.15) is 44.1 Å². The number of piperidine rings is 1. The van der Waals surface area contributed by atoms with Gasteiger partial charge in [0.05, 0.1) is 0 Å². The molecule has 2 rings (SSSR count). The first-order valence-corrected chi connectivity index (χ1v) is 8.39. The number of carboxylic acid groups (broad SMARTS) is 1. The highest BCUT2D eigenvalue weighted by Crippen LogP contribution is 2.24. The van der Waals surface area contributed by atoms with Gasteiger partial charge in [0.2, 0.25) is 5.91 Å². The van der Waals surface area contributed by atoms with Crippen molar-refractivity contribution in [2.24, 2.45) is 5.92 Å². The molecule has 1 aromatic rings. The van der Waals surface area contributed by atoms with Crippen molar-refractivity contribution >= 4 is 11.9 Å². The van der Waals surface area contributed by atoms with Gasteiger partial charge in [-0.15, -0.1) is 0 Å². The van der Waals surface area contributed by atoms with Crippen molar-refractivity contribution < 1.29 is 14.7 Å². The van der Waals surface area contributed by atoms with Gasteiger partial charge in [0.25, 0.3) is 0 Å². The first-order chi connectivity index (χ1) is 11.2. The Morgan fingerprint density at radius 2 is 2.04 bits per heavy atom. The van der Waals surface area contributed by atoms with E-state index >= 15 is 0 Å². The van der Waals surface area contributed by atoms with Gasteiger partial charge in [-0.1, -0.05) is 42.8 Å². The van der Waals surface area contributed by atoms with Gasteiger partial charge in [0.15, 0.2) is 0 Å². The number of carbonyl (C=O) groups excluding carboxylic acids is 1. The fraction of sp³-hybridized carbons (Fsp3) is 0.474. The largest absolute Gasteiger partial charge is 0.478 e. The Hall–Kier alpha value is -2.10. The van der Waals surface area contributed by atoms with Gasteiger partial charge >= 0.3 is 5.97 Å². The average Bonchev–Trinajstić information content (AvgIpc) is 2.54. The number of nitrogens with zero attached hydrogens (tertiary/aromatic N) is 1. The van der Waals surface area contributed by atoms with Crippen LogP contribution in [0.5, 0.6) is 0 Å². The van der Waals surface area contributed by atoms with E-state index in [1.165, 1.54) is 11.6 Å². The smallest absolute Gasteiger partial charge is 0.327 e. The average molecular weight is 315 g/mol. The maximum Gasteiger partial charge on any atom is 0.327 e. The molecule has 0 radical (unpaired) electrons. The van der Waals surface area contributed by atoms with Crippen LogP contribution in [0, 0.1) is 5.92 Å². The Balaban J connectivity index is 1.75. The molecule has 0 spiro atoms. The molecule has 1 heterocycles. The third kappa shape index (κ3) is 5.89. The van der Waals surface area contributed by atoms with Gasteiger partial charge in [0, 0.05) is 25.1 Å². The quantitative estimate of drug-likeness (QED) is 0.589. The number of allylic oxidation sites excluding steroid dienone is 1. The van der Waals surface area contributed by atoms with Crippen molar-refractivity contribution in [3.8, 4) is 0 Å². The third-order valence-electron chi connectivity index (χ3n) is 4.29. The van der Waals surface area contributed by atoms with E-state index in [4.69, 9.17) is 5.11 Å². The lowest BCUT2D eigenvalue weighted by molar-refractivity contribution is -0.139. The molecule has 1 aliphatic heterocycles. The van der Waals surface area contributed by atoms with Crippen LogP contribution >= 0.6 is 0 Å². The summed E-state index contributed by atoms with van der Waals surface area (Å²) in [6.07, 6.45) is 8.51. The number of carboxylic acids is 1. The minimum Gasteiger partial charge on any atom is -0.478 e. The van der Waals surface area contributed by atoms with E-state index in [2.05, 4.69) is 12.1 Å². The summed E-state index contributed by atoms with van der Waals surface area (Å²) in [5, 5.41) is 8.52. The fourth-order valence-electron chi connectivity index (χ4n) is 3.09. The molecule has 1 saturated heterocycles. The summed E-state index contributed by atoms with van der Waals surface area (Å²) in [5.41, 5.74) is 1.18. The molecule has 1 fully saturated rings. The zero-order valence-corrected chi connectivity index (χ0v) is 13.5. The monoisotopic (exact) mass is 315 g/mol. The van der Waals surface area contributed by atoms with Crippen LogP contribution in [-0.2, 0) is 16.1 Å². The molecule has 1 N–H and O–H groups in total. The molecule has 1 aliphatic rings. The predicted molar refractivity (Wildman–Crippen MR) is 89.8 cm³/mol. The molecule has 4 nitrogen and oxygen atoms in total. The van der Waals surface area contributed by atoms with Gasteiger partial charge in [-0.05, 0) is 37.7 Å². The van der Waals surface area contributed by atoms with Crippen molar-refractivity contribution in [3.05, 3.63) is 48.0 Å². The molecule has 1 aromatic carbocycles. The first-order valence-electron chi connectivity index (χ1n) is 8.39. The zero-order valence-electron chi connectivity index (χ0n) is 13.5. The molecule has 0 bridgehead atoms. The van der Waals surface area contributed by atoms with Crippen molar-refractivity contribution in [3.63, 3.8) is 0 Å². The second-order valence-corrected chi connectivity index (χ2v) is 6.11. The molecular formula is C19H25NO3. The van der Waals surface area contributed by atoms with E-state index in [-0.39, 0.29) is 11.8 Å². The van der Waals surface area contributed by atoms with E-state index < -0.39 is 5.97 Å². The van der Waals surface area contributed by atoms with Crippen molar-refractivity contribution in [2.75, 3.05) is 6.54 Å². The summed E-state index contributed by atoms with van der Waals surface area (Å²) in [6.45, 7) is 1.56. The van der Waals surface area contributed by atoms with Crippen LogP contribution < -0.4 is 0 Å². The second-order valence-electron chi connectivity index (χ2n) is 6.11. The van der Waals surface area contributed by atoms with E-state index in [0.717, 1.165) is 45.1 Å². The minimum absolute atomic E-state index is 0.135. The van der Waals surface area contributed by atoms with Gasteiger partial charge in [-0.3, -0.25) is 4.79 Å². The number of aliphatic carboxylic acids is 1. The van der Waals surface area contributed by atoms with Crippen LogP contribution in [0.4, 0.5) is 0 Å². The van der Waals surface area contributed by atoms with Crippen molar-refractivity contribution in [1.82, 2.24) is 4.90 Å². The highest BCUT2D eigenvalue weighted by Gasteiger charge is 2.27. The second kappa shape index (κ2) is 9.13. The Morgan fingerprint density at radius 1 is 1.26 bits per heavy atom. The Bertz CT molecular complexity index is 539. The topological polar surface area (TPSA) is 57.6 Å². The number of benzene rings is 1. The Morgan fingerprint density at radius 3 is 2.78 bits per heavy atom. The molecular weight excluding hydrogens is 290 g/mol. The lowest BCUT2D eigenvalue weighted by Gasteiger charge is -2.32. The standard InChI is InChI=1S/C19H25NO3/c21-18(22)13-7-2-1-6-11-17-12-8-14-20(19(17)23)15-16-9-4-3-5-10-16/h3-5,7,9-10,13,17H,1-2,6,8,11-12,14-15H2,(H,21,22)/b13-7+. The molecule has 0 saturated carbocycles. The third-order valence-corrected chi connectivity index (χ3v) is 4.29. The lowest BCUT2D eigenvalue weighted by atomic mass is 9.91. The molecule has 0 aromatic heterocycles. The summed E-state index contributed by atoms with van der Waals surface area (Å²) in [4.78, 5) is 24.9. The maximum absolute atomic E-state index is 12.6. The first kappa shape index (κ1) is 17.3. The van der Waals surface area contributed by atoms with Gasteiger partial charge in [-0.25, -0.2) is 4.79 Å². The zero-order chi connectivity index (χ0) is 16.5. The molecule has 1 unspecified atom stereocenters. The van der Waals surface area contributed by atoms with E-state index in [9.17, 15) is 9.59 Å². The predicted octanol–water partition coefficient (Wildman–Crippen LogP) is 3.63. The minimum atomic E-state index is -0.899. The van der Waals surface area contributed by atoms with Crippen LogP contribution in [0.25, 0.3) is 0 Å². The van der Waals surface area contributed by atoms with Crippen molar-refractivity contribution in [1.29, 1.82) is 0 Å². The number of likely N-dealkylation sites (tertiary alicyclic amines) is 1. The van der Waals surface area contributed by atoms with Gasteiger partial charge in [-0.2, -0.15) is 0 Å². The van der Waals surface area contributed by atoms with Crippen molar-refractivity contribution in [2.45, 2.75) is 45.1 Å². The van der Waals surface area contributed by atoms with E-state index in [1.807, 2.05) is 23.1 Å². The molecule has 23 heavy (non-hydrogen) atoms. The number of rotatable bonds is 8. The van der Waals surface area contributed by atoms with Crippen LogP contribution in [0.15, 0.2) is 42.5 Å². The summed E-state index contributed by atoms with van der Waals surface area (Å²) < 4.78 is 0. The number of unbranched alkanes of at least 4 members (excludes halogenated alkanes) is 2. The molecule has 124 valence electrons. The number of hydrogen-bond acceptors (Lipinski definition) is 2. The molecule has 0 aliphatic carbocycles. The highest BCUT2D eigenvalue weighted by atomic mass is 16.4. The molecule has 1 amide bonds. The Kier molecular flexibility index (Phi) is 6.85. The maximum atomic E-state index is 12.6. The lowest BCUT2D eigenvalue weighted by Crippen LogP contribution is -2.40. The van der Waals surface area contributed by atoms with E-state index in [1.54, 1.807) is 6.08 Å². The number of hydrogen-bond donors (Lipinski definition) is 1. The Labute approximate surface area is 137 Å². The summed E-state index contributed by atoms with van der Waals surface area (Å²) in [5.74, 6) is -0.485. The molecule has 4 heteroatoms. The van der Waals surface area contributed by atoms with E-state index in [0.29, 0.717) is 6.54 Å². The SMILES string of the molecule is O=C(O)/C=C/CCCCC1CCCN(Cc2ccccc2)C1=O.